The van der Waals surface area contributed by atoms with Crippen molar-refractivity contribution in [2.45, 2.75) is 6.92 Å². The van der Waals surface area contributed by atoms with Gasteiger partial charge in [0, 0.05) is 22.6 Å². The molecule has 4 nitrogen and oxygen atoms in total. The summed E-state index contributed by atoms with van der Waals surface area (Å²) in [6, 6.07) is 29.9. The zero-order valence-corrected chi connectivity index (χ0v) is 16.0. The predicted octanol–water partition coefficient (Wildman–Crippen LogP) is 5.36. The highest BCUT2D eigenvalue weighted by Gasteiger charge is 2.16. The average molecular weight is 377 g/mol. The second-order valence-corrected chi connectivity index (χ2v) is 7.07. The first-order chi connectivity index (χ1) is 14.2. The summed E-state index contributed by atoms with van der Waals surface area (Å²) < 4.78 is 1.88. The molecule has 0 saturated carbocycles. The Kier molecular flexibility index (Phi) is 4.10. The number of nitrogens with zero attached hydrogens (tertiary/aromatic N) is 2. The Hall–Kier alpha value is -3.92. The molecule has 0 atom stereocenters. The summed E-state index contributed by atoms with van der Waals surface area (Å²) in [5.41, 5.74) is 6.38. The van der Waals surface area contributed by atoms with Gasteiger partial charge in [-0.15, -0.1) is 0 Å². The molecule has 0 aliphatic heterocycles. The smallest absolute Gasteiger partial charge is 0.250 e. The van der Waals surface area contributed by atoms with Gasteiger partial charge in [-0.3, -0.25) is 4.79 Å². The van der Waals surface area contributed by atoms with Crippen LogP contribution in [0.15, 0.2) is 95.8 Å². The van der Waals surface area contributed by atoms with Crippen molar-refractivity contribution in [1.82, 2.24) is 14.8 Å². The highest BCUT2D eigenvalue weighted by atomic mass is 16.1. The number of hydrogen-bond acceptors (Lipinski definition) is 2. The first kappa shape index (κ1) is 17.2. The van der Waals surface area contributed by atoms with Gasteiger partial charge in [-0.1, -0.05) is 78.9 Å². The third-order valence-electron chi connectivity index (χ3n) is 5.14. The van der Waals surface area contributed by atoms with Gasteiger partial charge in [-0.25, -0.2) is 4.68 Å². The molecule has 2 aromatic heterocycles. The third kappa shape index (κ3) is 3.05. The van der Waals surface area contributed by atoms with E-state index in [1.54, 1.807) is 6.07 Å². The zero-order chi connectivity index (χ0) is 19.8. The lowest BCUT2D eigenvalue weighted by atomic mass is 10.1. The molecule has 0 saturated heterocycles. The van der Waals surface area contributed by atoms with Crippen LogP contribution in [0.3, 0.4) is 0 Å². The number of H-pyrrole nitrogens is 1. The van der Waals surface area contributed by atoms with Crippen molar-refractivity contribution in [3.05, 3.63) is 107 Å². The minimum absolute atomic E-state index is 0.141. The van der Waals surface area contributed by atoms with E-state index in [9.17, 15) is 4.79 Å². The monoisotopic (exact) mass is 377 g/mol. The van der Waals surface area contributed by atoms with E-state index in [2.05, 4.69) is 23.2 Å². The molecular formula is C25H19N3O. The van der Waals surface area contributed by atoms with Crippen LogP contribution in [0.2, 0.25) is 0 Å². The summed E-state index contributed by atoms with van der Waals surface area (Å²) in [7, 11) is 0. The lowest BCUT2D eigenvalue weighted by molar-refractivity contribution is 0.895. The van der Waals surface area contributed by atoms with Crippen LogP contribution in [0, 0.1) is 6.92 Å². The summed E-state index contributed by atoms with van der Waals surface area (Å²) >= 11 is 0. The lowest BCUT2D eigenvalue weighted by Crippen LogP contribution is -2.10. The standard InChI is InChI=1S/C25H19N3O/c1-17-9-8-14-20-23(16-24(29)26-25(17)20)28-22(19-12-6-3-7-13-19)15-21(27-28)18-10-4-2-5-11-18/h2-16H,1H3,(H,26,29). The van der Waals surface area contributed by atoms with Crippen LogP contribution in [0.1, 0.15) is 5.56 Å². The van der Waals surface area contributed by atoms with E-state index in [1.165, 1.54) is 0 Å². The van der Waals surface area contributed by atoms with Crippen LogP contribution in [0.25, 0.3) is 39.1 Å². The zero-order valence-electron chi connectivity index (χ0n) is 16.0. The summed E-state index contributed by atoms with van der Waals surface area (Å²) in [6.45, 7) is 2.00. The van der Waals surface area contributed by atoms with Crippen LogP contribution in [-0.2, 0) is 0 Å². The molecule has 0 radical (unpaired) electrons. The highest BCUT2D eigenvalue weighted by molar-refractivity contribution is 5.90. The number of aryl methyl sites for hydroxylation is 1. The molecule has 140 valence electrons. The van der Waals surface area contributed by atoms with Crippen molar-refractivity contribution in [3.8, 4) is 28.2 Å². The number of nitrogens with one attached hydrogen (secondary N) is 1. The predicted molar refractivity (Wildman–Crippen MR) is 117 cm³/mol. The SMILES string of the molecule is Cc1cccc2c(-n3nc(-c4ccccc4)cc3-c3ccccc3)cc(=O)[nH]c12. The van der Waals surface area contributed by atoms with E-state index in [0.717, 1.165) is 44.7 Å². The first-order valence-corrected chi connectivity index (χ1v) is 9.55. The molecule has 0 aliphatic carbocycles. The maximum atomic E-state index is 12.5. The minimum Gasteiger partial charge on any atom is -0.322 e. The largest absolute Gasteiger partial charge is 0.322 e. The molecule has 1 N–H and O–H groups in total. The number of rotatable bonds is 3. The Bertz CT molecular complexity index is 1370. The number of aromatic nitrogens is 3. The van der Waals surface area contributed by atoms with E-state index in [1.807, 2.05) is 78.3 Å². The van der Waals surface area contributed by atoms with Crippen molar-refractivity contribution in [2.24, 2.45) is 0 Å². The molecule has 0 amide bonds. The Morgan fingerprint density at radius 2 is 1.48 bits per heavy atom. The molecule has 2 heterocycles. The van der Waals surface area contributed by atoms with Crippen molar-refractivity contribution in [2.75, 3.05) is 0 Å². The van der Waals surface area contributed by atoms with Gasteiger partial charge in [0.05, 0.1) is 22.6 Å². The Morgan fingerprint density at radius 3 is 2.21 bits per heavy atom. The molecular weight excluding hydrogens is 358 g/mol. The second-order valence-electron chi connectivity index (χ2n) is 7.07. The number of aromatic amines is 1. The molecule has 0 fully saturated rings. The fourth-order valence-corrected chi connectivity index (χ4v) is 3.71. The Morgan fingerprint density at radius 1 is 0.793 bits per heavy atom. The van der Waals surface area contributed by atoms with Crippen LogP contribution in [0.4, 0.5) is 0 Å². The van der Waals surface area contributed by atoms with Gasteiger partial charge in [0.2, 0.25) is 0 Å². The molecule has 5 aromatic rings. The van der Waals surface area contributed by atoms with Gasteiger partial charge < -0.3 is 4.98 Å². The molecule has 5 rings (SSSR count). The molecule has 4 heteroatoms. The normalized spacial score (nSPS) is 11.1. The van der Waals surface area contributed by atoms with Gasteiger partial charge in [0.1, 0.15) is 0 Å². The Labute approximate surface area is 168 Å². The molecule has 3 aromatic carbocycles. The number of hydrogen-bond donors (Lipinski definition) is 1. The molecule has 0 aliphatic rings. The van der Waals surface area contributed by atoms with Gasteiger partial charge in [0.25, 0.3) is 5.56 Å². The molecule has 29 heavy (non-hydrogen) atoms. The average Bonchev–Trinajstić information content (AvgIpc) is 3.21. The van der Waals surface area contributed by atoms with Crippen molar-refractivity contribution >= 4 is 10.9 Å². The topological polar surface area (TPSA) is 50.7 Å². The van der Waals surface area contributed by atoms with E-state index >= 15 is 0 Å². The third-order valence-corrected chi connectivity index (χ3v) is 5.14. The molecule has 0 bridgehead atoms. The van der Waals surface area contributed by atoms with Crippen molar-refractivity contribution < 1.29 is 0 Å². The summed E-state index contributed by atoms with van der Waals surface area (Å²) in [6.07, 6.45) is 0. The van der Waals surface area contributed by atoms with E-state index < -0.39 is 0 Å². The van der Waals surface area contributed by atoms with E-state index in [0.29, 0.717) is 0 Å². The maximum Gasteiger partial charge on any atom is 0.250 e. The van der Waals surface area contributed by atoms with Crippen LogP contribution in [0.5, 0.6) is 0 Å². The number of pyridine rings is 1. The first-order valence-electron chi connectivity index (χ1n) is 9.55. The lowest BCUT2D eigenvalue weighted by Gasteiger charge is -2.11. The number of benzene rings is 3. The van der Waals surface area contributed by atoms with Gasteiger partial charge in [-0.05, 0) is 18.6 Å². The van der Waals surface area contributed by atoms with Gasteiger partial charge in [-0.2, -0.15) is 5.10 Å². The van der Waals surface area contributed by atoms with E-state index in [-0.39, 0.29) is 5.56 Å². The fraction of sp³-hybridized carbons (Fsp3) is 0.0400. The van der Waals surface area contributed by atoms with Crippen LogP contribution in [-0.4, -0.2) is 14.8 Å². The number of para-hydroxylation sites is 1. The summed E-state index contributed by atoms with van der Waals surface area (Å²) in [5.74, 6) is 0. The quantitative estimate of drug-likeness (QED) is 0.460. The Balaban J connectivity index is 1.84. The summed E-state index contributed by atoms with van der Waals surface area (Å²) in [5, 5.41) is 5.87. The minimum atomic E-state index is -0.141. The van der Waals surface area contributed by atoms with Crippen molar-refractivity contribution in [1.29, 1.82) is 0 Å². The van der Waals surface area contributed by atoms with Gasteiger partial charge >= 0.3 is 0 Å². The van der Waals surface area contributed by atoms with Crippen LogP contribution >= 0.6 is 0 Å². The van der Waals surface area contributed by atoms with Gasteiger partial charge in [0.15, 0.2) is 0 Å². The van der Waals surface area contributed by atoms with Crippen molar-refractivity contribution in [3.63, 3.8) is 0 Å². The number of fused-ring (bicyclic) bond motifs is 1. The highest BCUT2D eigenvalue weighted by Crippen LogP contribution is 2.31. The van der Waals surface area contributed by atoms with E-state index in [4.69, 9.17) is 5.10 Å². The maximum absolute atomic E-state index is 12.5. The fourth-order valence-electron chi connectivity index (χ4n) is 3.71. The van der Waals surface area contributed by atoms with Crippen LogP contribution < -0.4 is 5.56 Å². The second kappa shape index (κ2) is 6.91. The molecule has 0 spiro atoms. The molecule has 0 unspecified atom stereocenters. The summed E-state index contributed by atoms with van der Waals surface area (Å²) in [4.78, 5) is 15.4.